The highest BCUT2D eigenvalue weighted by Gasteiger charge is 2.55. The van der Waals surface area contributed by atoms with Crippen molar-refractivity contribution in [2.45, 2.75) is 51.1 Å². The van der Waals surface area contributed by atoms with E-state index in [1.165, 1.54) is 6.07 Å². The fraction of sp³-hybridized carbons (Fsp3) is 0.476. The third kappa shape index (κ3) is 3.07. The van der Waals surface area contributed by atoms with Gasteiger partial charge in [-0.1, -0.05) is 6.07 Å². The maximum Gasteiger partial charge on any atom is 0.273 e. The van der Waals surface area contributed by atoms with Crippen molar-refractivity contribution in [3.05, 3.63) is 53.9 Å². The molecule has 27 heavy (non-hydrogen) atoms. The third-order valence-corrected chi connectivity index (χ3v) is 5.90. The van der Waals surface area contributed by atoms with Crippen LogP contribution in [0.25, 0.3) is 0 Å². The lowest BCUT2D eigenvalue weighted by Gasteiger charge is -2.35. The second kappa shape index (κ2) is 6.29. The molecule has 1 atom stereocenters. The molecule has 0 aliphatic carbocycles. The summed E-state index contributed by atoms with van der Waals surface area (Å²) in [5.74, 6) is 0.331. The minimum atomic E-state index is -0.244. The van der Waals surface area contributed by atoms with E-state index in [0.717, 1.165) is 31.5 Å². The highest BCUT2D eigenvalue weighted by atomic mass is 19.1. The molecule has 2 aromatic rings. The number of nitrogens with zero attached hydrogens (tertiary/aromatic N) is 4. The van der Waals surface area contributed by atoms with Crippen LogP contribution in [-0.4, -0.2) is 44.9 Å². The van der Waals surface area contributed by atoms with Crippen molar-refractivity contribution in [3.63, 3.8) is 0 Å². The Morgan fingerprint density at radius 2 is 2.07 bits per heavy atom. The molecule has 1 unspecified atom stereocenters. The minimum absolute atomic E-state index is 0.0325. The number of rotatable bonds is 2. The van der Waals surface area contributed by atoms with Crippen molar-refractivity contribution in [1.82, 2.24) is 14.9 Å². The van der Waals surface area contributed by atoms with Gasteiger partial charge >= 0.3 is 0 Å². The van der Waals surface area contributed by atoms with E-state index >= 15 is 0 Å². The van der Waals surface area contributed by atoms with Gasteiger partial charge in [0.05, 0.1) is 5.54 Å². The number of carbonyl (C=O) groups is 1. The van der Waals surface area contributed by atoms with Crippen LogP contribution in [0.3, 0.4) is 0 Å². The zero-order chi connectivity index (χ0) is 19.2. The molecule has 1 amide bonds. The van der Waals surface area contributed by atoms with Crippen LogP contribution >= 0.6 is 0 Å². The molecule has 142 valence electrons. The van der Waals surface area contributed by atoms with Gasteiger partial charge in [-0.15, -0.1) is 0 Å². The van der Waals surface area contributed by atoms with E-state index in [1.807, 2.05) is 11.0 Å². The summed E-state index contributed by atoms with van der Waals surface area (Å²) in [5, 5.41) is 0. The second-order valence-electron chi connectivity index (χ2n) is 8.33. The van der Waals surface area contributed by atoms with Crippen molar-refractivity contribution >= 4 is 11.6 Å². The number of likely N-dealkylation sites (tertiary alicyclic amines) is 1. The van der Waals surface area contributed by atoms with E-state index in [4.69, 9.17) is 0 Å². The Labute approximate surface area is 159 Å². The summed E-state index contributed by atoms with van der Waals surface area (Å²) in [5.41, 5.74) is 0.907. The van der Waals surface area contributed by atoms with Crippen LogP contribution < -0.4 is 4.90 Å². The maximum atomic E-state index is 13.8. The van der Waals surface area contributed by atoms with Crippen molar-refractivity contribution in [2.24, 2.45) is 0 Å². The quantitative estimate of drug-likeness (QED) is 0.813. The molecule has 0 radical (unpaired) electrons. The number of aryl methyl sites for hydroxylation is 1. The van der Waals surface area contributed by atoms with Crippen LogP contribution in [0.2, 0.25) is 0 Å². The first-order valence-corrected chi connectivity index (χ1v) is 9.46. The summed E-state index contributed by atoms with van der Waals surface area (Å²) in [7, 11) is 0. The molecule has 5 nitrogen and oxygen atoms in total. The topological polar surface area (TPSA) is 49.3 Å². The van der Waals surface area contributed by atoms with Crippen molar-refractivity contribution in [2.75, 3.05) is 18.0 Å². The van der Waals surface area contributed by atoms with E-state index in [-0.39, 0.29) is 22.8 Å². The van der Waals surface area contributed by atoms with E-state index in [9.17, 15) is 9.18 Å². The molecule has 0 saturated carbocycles. The summed E-state index contributed by atoms with van der Waals surface area (Å²) in [6, 6.07) is 8.42. The number of anilines is 1. The summed E-state index contributed by atoms with van der Waals surface area (Å²) in [6.07, 6.45) is 4.42. The Kier molecular flexibility index (Phi) is 4.17. The average Bonchev–Trinajstić information content (AvgIpc) is 3.14. The molecule has 0 bridgehead atoms. The molecular formula is C21H25FN4O. The van der Waals surface area contributed by atoms with Gasteiger partial charge in [0.25, 0.3) is 5.91 Å². The number of hydrogen-bond acceptors (Lipinski definition) is 4. The molecular weight excluding hydrogens is 343 g/mol. The minimum Gasteiger partial charge on any atom is -0.364 e. The van der Waals surface area contributed by atoms with Crippen LogP contribution in [0.15, 0.2) is 36.5 Å². The summed E-state index contributed by atoms with van der Waals surface area (Å²) in [6.45, 7) is 7.57. The van der Waals surface area contributed by atoms with Crippen LogP contribution in [0, 0.1) is 12.7 Å². The van der Waals surface area contributed by atoms with Gasteiger partial charge in [-0.2, -0.15) is 0 Å². The van der Waals surface area contributed by atoms with Crippen molar-refractivity contribution < 1.29 is 9.18 Å². The van der Waals surface area contributed by atoms with Gasteiger partial charge in [-0.05, 0) is 64.3 Å². The van der Waals surface area contributed by atoms with Gasteiger partial charge in [-0.3, -0.25) is 4.79 Å². The van der Waals surface area contributed by atoms with Crippen LogP contribution in [0.4, 0.5) is 10.1 Å². The Morgan fingerprint density at radius 3 is 2.81 bits per heavy atom. The average molecular weight is 368 g/mol. The molecule has 2 saturated heterocycles. The molecule has 3 heterocycles. The van der Waals surface area contributed by atoms with E-state index in [1.54, 1.807) is 31.3 Å². The molecule has 6 heteroatoms. The van der Waals surface area contributed by atoms with Crippen molar-refractivity contribution in [3.8, 4) is 0 Å². The summed E-state index contributed by atoms with van der Waals surface area (Å²) < 4.78 is 13.8. The van der Waals surface area contributed by atoms with Gasteiger partial charge in [-0.25, -0.2) is 14.4 Å². The number of amides is 1. The molecule has 0 N–H and O–H groups in total. The van der Waals surface area contributed by atoms with Gasteiger partial charge < -0.3 is 9.80 Å². The fourth-order valence-electron chi connectivity index (χ4n) is 4.87. The fourth-order valence-corrected chi connectivity index (χ4v) is 4.87. The highest BCUT2D eigenvalue weighted by molar-refractivity contribution is 5.93. The largest absolute Gasteiger partial charge is 0.364 e. The van der Waals surface area contributed by atoms with Gasteiger partial charge in [0.2, 0.25) is 0 Å². The van der Waals surface area contributed by atoms with Crippen molar-refractivity contribution in [1.29, 1.82) is 0 Å². The first-order chi connectivity index (χ1) is 12.8. The monoisotopic (exact) mass is 368 g/mol. The smallest absolute Gasteiger partial charge is 0.273 e. The number of benzene rings is 1. The molecule has 2 fully saturated rings. The van der Waals surface area contributed by atoms with Crippen LogP contribution in [-0.2, 0) is 0 Å². The maximum absolute atomic E-state index is 13.8. The van der Waals surface area contributed by atoms with E-state index in [2.05, 4.69) is 28.7 Å². The number of aromatic nitrogens is 2. The lowest BCUT2D eigenvalue weighted by Crippen LogP contribution is -2.49. The standard InChI is InChI=1S/C21H25FN4O/c1-15-23-10-8-18(24-15)19(27)25-11-5-9-21(25)13-20(2,3)26(14-21)17-7-4-6-16(22)12-17/h4,6-8,10,12H,5,9,11,13-14H2,1-3H3. The second-order valence-corrected chi connectivity index (χ2v) is 8.33. The SMILES string of the molecule is Cc1nccc(C(=O)N2CCCC23CN(c2cccc(F)c2)C(C)(C)C3)n1. The Balaban J connectivity index is 1.67. The molecule has 2 aliphatic heterocycles. The Bertz CT molecular complexity index is 884. The first kappa shape index (κ1) is 17.9. The zero-order valence-electron chi connectivity index (χ0n) is 16.1. The molecule has 2 aliphatic rings. The number of hydrogen-bond donors (Lipinski definition) is 0. The van der Waals surface area contributed by atoms with Gasteiger partial charge in [0.1, 0.15) is 17.3 Å². The summed E-state index contributed by atoms with van der Waals surface area (Å²) in [4.78, 5) is 25.9. The van der Waals surface area contributed by atoms with E-state index in [0.29, 0.717) is 18.1 Å². The molecule has 1 aromatic carbocycles. The third-order valence-electron chi connectivity index (χ3n) is 5.90. The Hall–Kier alpha value is -2.50. The summed E-state index contributed by atoms with van der Waals surface area (Å²) >= 11 is 0. The lowest BCUT2D eigenvalue weighted by molar-refractivity contribution is 0.0610. The van der Waals surface area contributed by atoms with Crippen LogP contribution in [0.1, 0.15) is 49.4 Å². The van der Waals surface area contributed by atoms with E-state index < -0.39 is 0 Å². The highest BCUT2D eigenvalue weighted by Crippen LogP contribution is 2.47. The zero-order valence-corrected chi connectivity index (χ0v) is 16.1. The first-order valence-electron chi connectivity index (χ1n) is 9.46. The predicted octanol–water partition coefficient (Wildman–Crippen LogP) is 3.59. The molecule has 1 spiro atoms. The van der Waals surface area contributed by atoms with Crippen LogP contribution in [0.5, 0.6) is 0 Å². The molecule has 1 aromatic heterocycles. The predicted molar refractivity (Wildman–Crippen MR) is 102 cm³/mol. The normalized spacial score (nSPS) is 24.0. The van der Waals surface area contributed by atoms with Gasteiger partial charge in [0.15, 0.2) is 0 Å². The lowest BCUT2D eigenvalue weighted by atomic mass is 9.87. The number of carbonyl (C=O) groups excluding carboxylic acids is 1. The van der Waals surface area contributed by atoms with Gasteiger partial charge in [0, 0.05) is 30.5 Å². The number of halogens is 1. The Morgan fingerprint density at radius 1 is 1.26 bits per heavy atom. The molecule has 4 rings (SSSR count).